The van der Waals surface area contributed by atoms with Crippen molar-refractivity contribution in [3.63, 3.8) is 0 Å². The number of nitrogens with one attached hydrogen (secondary N) is 1. The fourth-order valence-electron chi connectivity index (χ4n) is 3.17. The van der Waals surface area contributed by atoms with Gasteiger partial charge in [0.2, 0.25) is 0 Å². The first-order valence-electron chi connectivity index (χ1n) is 9.34. The Kier molecular flexibility index (Phi) is 7.32. The highest BCUT2D eigenvalue weighted by atomic mass is 32.2. The number of benzene rings is 1. The zero-order valence-corrected chi connectivity index (χ0v) is 16.7. The second kappa shape index (κ2) is 9.26. The molecule has 0 radical (unpaired) electrons. The minimum atomic E-state index is -3.53. The number of nitrogens with zero attached hydrogens (tertiary/aromatic N) is 1. The van der Waals surface area contributed by atoms with E-state index in [0.29, 0.717) is 6.54 Å². The van der Waals surface area contributed by atoms with Gasteiger partial charge in [0.05, 0.1) is 6.26 Å². The van der Waals surface area contributed by atoms with Gasteiger partial charge in [-0.15, -0.1) is 0 Å². The van der Waals surface area contributed by atoms with Gasteiger partial charge in [-0.25, -0.2) is 4.79 Å². The monoisotopic (exact) mass is 382 g/mol. The second-order valence-corrected chi connectivity index (χ2v) is 8.68. The molecule has 0 heterocycles. The number of rotatable bonds is 7. The van der Waals surface area contributed by atoms with Crippen molar-refractivity contribution in [2.75, 3.05) is 6.26 Å². The fraction of sp³-hybridized carbons (Fsp3) is 0.632. The van der Waals surface area contributed by atoms with Crippen LogP contribution in [0.2, 0.25) is 0 Å². The lowest BCUT2D eigenvalue weighted by molar-refractivity contribution is 0.166. The molecule has 1 aromatic rings. The zero-order chi connectivity index (χ0) is 19.2. The predicted molar refractivity (Wildman–Crippen MR) is 103 cm³/mol. The molecule has 1 aliphatic rings. The predicted octanol–water partition coefficient (Wildman–Crippen LogP) is 3.67. The quantitative estimate of drug-likeness (QED) is 0.730. The molecular weight excluding hydrogens is 352 g/mol. The highest BCUT2D eigenvalue weighted by Gasteiger charge is 2.23. The molecule has 1 N–H and O–H groups in total. The van der Waals surface area contributed by atoms with Crippen molar-refractivity contribution in [2.24, 2.45) is 0 Å². The normalized spacial score (nSPS) is 16.7. The summed E-state index contributed by atoms with van der Waals surface area (Å²) in [5.74, 6) is 0.276. The van der Waals surface area contributed by atoms with Crippen LogP contribution in [0.25, 0.3) is 0 Å². The van der Waals surface area contributed by atoms with E-state index in [1.165, 1.54) is 19.3 Å². The van der Waals surface area contributed by atoms with Crippen LogP contribution in [0.4, 0.5) is 4.79 Å². The summed E-state index contributed by atoms with van der Waals surface area (Å²) < 4.78 is 27.2. The minimum Gasteiger partial charge on any atom is -0.383 e. The highest BCUT2D eigenvalue weighted by molar-refractivity contribution is 7.86. The average molecular weight is 383 g/mol. The molecule has 146 valence electrons. The van der Waals surface area contributed by atoms with Crippen molar-refractivity contribution in [3.8, 4) is 5.75 Å². The summed E-state index contributed by atoms with van der Waals surface area (Å²) in [6.45, 7) is 4.59. The van der Waals surface area contributed by atoms with Gasteiger partial charge >= 0.3 is 16.1 Å². The maximum absolute atomic E-state index is 12.8. The van der Waals surface area contributed by atoms with Crippen LogP contribution in [0.1, 0.15) is 57.9 Å². The second-order valence-electron chi connectivity index (χ2n) is 7.10. The van der Waals surface area contributed by atoms with Crippen LogP contribution < -0.4 is 9.50 Å². The molecule has 6 nitrogen and oxygen atoms in total. The molecular formula is C19H30N2O4S. The molecule has 1 atom stereocenters. The van der Waals surface area contributed by atoms with E-state index in [0.717, 1.165) is 31.1 Å². The summed E-state index contributed by atoms with van der Waals surface area (Å²) in [4.78, 5) is 14.6. The lowest BCUT2D eigenvalue weighted by atomic mass is 9.96. The molecule has 0 bridgehead atoms. The Balaban J connectivity index is 2.03. The molecule has 1 aromatic carbocycles. The largest absolute Gasteiger partial charge is 0.383 e. The average Bonchev–Trinajstić information content (AvgIpc) is 2.60. The Morgan fingerprint density at radius 1 is 1.23 bits per heavy atom. The lowest BCUT2D eigenvalue weighted by Crippen LogP contribution is -2.48. The van der Waals surface area contributed by atoms with Crippen molar-refractivity contribution in [3.05, 3.63) is 29.8 Å². The minimum absolute atomic E-state index is 0.0253. The molecule has 1 aliphatic carbocycles. The molecule has 0 aromatic heterocycles. The number of amides is 2. The topological polar surface area (TPSA) is 75.7 Å². The third-order valence-corrected chi connectivity index (χ3v) is 5.34. The van der Waals surface area contributed by atoms with Crippen LogP contribution in [0.15, 0.2) is 24.3 Å². The van der Waals surface area contributed by atoms with Gasteiger partial charge in [-0.05, 0) is 43.9 Å². The molecule has 0 aliphatic heterocycles. The molecule has 26 heavy (non-hydrogen) atoms. The van der Waals surface area contributed by atoms with E-state index in [4.69, 9.17) is 4.18 Å². The van der Waals surface area contributed by atoms with Crippen LogP contribution in [0.3, 0.4) is 0 Å². The Morgan fingerprint density at radius 3 is 2.38 bits per heavy atom. The van der Waals surface area contributed by atoms with Gasteiger partial charge in [0.1, 0.15) is 5.75 Å². The number of hydrogen-bond donors (Lipinski definition) is 1. The van der Waals surface area contributed by atoms with E-state index in [2.05, 4.69) is 12.2 Å². The summed E-state index contributed by atoms with van der Waals surface area (Å²) in [5.41, 5.74) is 0.935. The Bertz CT molecular complexity index is 682. The molecule has 1 fully saturated rings. The van der Waals surface area contributed by atoms with Crippen molar-refractivity contribution >= 4 is 16.1 Å². The van der Waals surface area contributed by atoms with E-state index in [1.807, 2.05) is 11.8 Å². The van der Waals surface area contributed by atoms with Crippen LogP contribution >= 0.6 is 0 Å². The van der Waals surface area contributed by atoms with Gasteiger partial charge < -0.3 is 14.4 Å². The van der Waals surface area contributed by atoms with Gasteiger partial charge in [0, 0.05) is 18.6 Å². The fourth-order valence-corrected chi connectivity index (χ4v) is 3.64. The van der Waals surface area contributed by atoms with Gasteiger partial charge in [-0.3, -0.25) is 0 Å². The number of hydrogen-bond acceptors (Lipinski definition) is 4. The van der Waals surface area contributed by atoms with Crippen molar-refractivity contribution in [1.82, 2.24) is 10.2 Å². The van der Waals surface area contributed by atoms with Gasteiger partial charge in [0.25, 0.3) is 0 Å². The van der Waals surface area contributed by atoms with Crippen molar-refractivity contribution in [1.29, 1.82) is 0 Å². The molecule has 0 saturated heterocycles. The first kappa shape index (κ1) is 20.6. The molecule has 0 unspecified atom stereocenters. The smallest absolute Gasteiger partial charge is 0.318 e. The van der Waals surface area contributed by atoms with Crippen LogP contribution in [-0.2, 0) is 16.7 Å². The van der Waals surface area contributed by atoms with Crippen molar-refractivity contribution in [2.45, 2.75) is 71.0 Å². The number of urea groups is 1. The Morgan fingerprint density at radius 2 is 1.85 bits per heavy atom. The Hall–Kier alpha value is -1.76. The number of carbonyl (C=O) groups excluding carboxylic acids is 1. The summed E-state index contributed by atoms with van der Waals surface area (Å²) >= 11 is 0. The van der Waals surface area contributed by atoms with Crippen molar-refractivity contribution < 1.29 is 17.4 Å². The maximum atomic E-state index is 12.8. The van der Waals surface area contributed by atoms with E-state index in [9.17, 15) is 13.2 Å². The standard InChI is InChI=1S/C19H30N2O4S/c1-4-15(2)21(19(22)20-17-8-6-5-7-9-17)14-16-10-12-18(13-11-16)25-26(3,23)24/h10-13,15,17H,4-9,14H2,1-3H3,(H,20,22)/t15-/m1/s1. The molecule has 1 saturated carbocycles. The third-order valence-electron chi connectivity index (χ3n) is 4.84. The zero-order valence-electron chi connectivity index (χ0n) is 15.9. The first-order chi connectivity index (χ1) is 12.3. The van der Waals surface area contributed by atoms with Gasteiger partial charge in [-0.2, -0.15) is 8.42 Å². The molecule has 2 amide bonds. The third kappa shape index (κ3) is 6.52. The van der Waals surface area contributed by atoms with Crippen LogP contribution in [0.5, 0.6) is 5.75 Å². The molecule has 0 spiro atoms. The maximum Gasteiger partial charge on any atom is 0.318 e. The van der Waals surface area contributed by atoms with E-state index in [1.54, 1.807) is 24.3 Å². The number of carbonyl (C=O) groups is 1. The van der Waals surface area contributed by atoms with Gasteiger partial charge in [0.15, 0.2) is 0 Å². The molecule has 7 heteroatoms. The van der Waals surface area contributed by atoms with E-state index >= 15 is 0 Å². The summed E-state index contributed by atoms with van der Waals surface area (Å²) in [5, 5.41) is 3.18. The summed E-state index contributed by atoms with van der Waals surface area (Å²) in [6, 6.07) is 7.18. The highest BCUT2D eigenvalue weighted by Crippen LogP contribution is 2.20. The first-order valence-corrected chi connectivity index (χ1v) is 11.2. The SMILES string of the molecule is CC[C@@H](C)N(Cc1ccc(OS(C)(=O)=O)cc1)C(=O)NC1CCCCC1. The summed E-state index contributed by atoms with van der Waals surface area (Å²) in [6.07, 6.45) is 7.60. The van der Waals surface area contributed by atoms with E-state index < -0.39 is 10.1 Å². The van der Waals surface area contributed by atoms with Crippen LogP contribution in [-0.4, -0.2) is 37.7 Å². The van der Waals surface area contributed by atoms with E-state index in [-0.39, 0.29) is 23.9 Å². The van der Waals surface area contributed by atoms with Gasteiger partial charge in [-0.1, -0.05) is 38.3 Å². The molecule has 2 rings (SSSR count). The Labute approximate surface area is 157 Å². The summed E-state index contributed by atoms with van der Waals surface area (Å²) in [7, 11) is -3.53. The lowest BCUT2D eigenvalue weighted by Gasteiger charge is -2.32. The van der Waals surface area contributed by atoms with Crippen LogP contribution in [0, 0.1) is 0 Å².